The van der Waals surface area contributed by atoms with Crippen LogP contribution in [-0.4, -0.2) is 18.0 Å². The molecule has 0 aromatic heterocycles. The third-order valence-corrected chi connectivity index (χ3v) is 3.72. The van der Waals surface area contributed by atoms with Crippen molar-refractivity contribution in [3.05, 3.63) is 28.2 Å². The van der Waals surface area contributed by atoms with Crippen molar-refractivity contribution in [2.45, 2.75) is 19.9 Å². The number of halogens is 1. The van der Waals surface area contributed by atoms with Gasteiger partial charge in [0.15, 0.2) is 0 Å². The van der Waals surface area contributed by atoms with Crippen molar-refractivity contribution in [2.24, 2.45) is 5.92 Å². The van der Waals surface area contributed by atoms with Gasteiger partial charge in [0, 0.05) is 23.2 Å². The zero-order valence-electron chi connectivity index (χ0n) is 9.04. The lowest BCUT2D eigenvalue weighted by Crippen LogP contribution is -2.19. The minimum Gasteiger partial charge on any atom is -0.399 e. The van der Waals surface area contributed by atoms with Crippen molar-refractivity contribution in [1.82, 2.24) is 4.90 Å². The van der Waals surface area contributed by atoms with Crippen LogP contribution in [0.2, 0.25) is 0 Å². The van der Waals surface area contributed by atoms with Crippen LogP contribution >= 0.6 is 15.9 Å². The Morgan fingerprint density at radius 3 is 2.93 bits per heavy atom. The van der Waals surface area contributed by atoms with E-state index in [2.05, 4.69) is 33.8 Å². The average Bonchev–Trinajstić information content (AvgIpc) is 2.56. The molecule has 1 aliphatic heterocycles. The van der Waals surface area contributed by atoms with E-state index in [1.807, 2.05) is 12.1 Å². The van der Waals surface area contributed by atoms with E-state index in [0.717, 1.165) is 22.6 Å². The van der Waals surface area contributed by atoms with Crippen LogP contribution in [0.15, 0.2) is 22.7 Å². The Kier molecular flexibility index (Phi) is 3.32. The number of nitrogens with two attached hydrogens (primary N) is 1. The topological polar surface area (TPSA) is 29.3 Å². The molecule has 82 valence electrons. The van der Waals surface area contributed by atoms with Gasteiger partial charge in [0.25, 0.3) is 0 Å². The molecule has 2 nitrogen and oxygen atoms in total. The summed E-state index contributed by atoms with van der Waals surface area (Å²) in [7, 11) is 0. The molecule has 15 heavy (non-hydrogen) atoms. The van der Waals surface area contributed by atoms with Crippen molar-refractivity contribution < 1.29 is 0 Å². The number of hydrogen-bond donors (Lipinski definition) is 1. The fourth-order valence-electron chi connectivity index (χ4n) is 2.10. The third-order valence-electron chi connectivity index (χ3n) is 2.98. The van der Waals surface area contributed by atoms with Gasteiger partial charge in [-0.3, -0.25) is 4.90 Å². The maximum atomic E-state index is 5.71. The van der Waals surface area contributed by atoms with Crippen molar-refractivity contribution in [3.63, 3.8) is 0 Å². The van der Waals surface area contributed by atoms with Crippen LogP contribution in [0.4, 0.5) is 5.69 Å². The Morgan fingerprint density at radius 1 is 1.53 bits per heavy atom. The Morgan fingerprint density at radius 2 is 2.33 bits per heavy atom. The molecule has 0 radical (unpaired) electrons. The second-order valence-corrected chi connectivity index (χ2v) is 5.33. The van der Waals surface area contributed by atoms with Crippen molar-refractivity contribution in [3.8, 4) is 0 Å². The minimum absolute atomic E-state index is 0.820. The summed E-state index contributed by atoms with van der Waals surface area (Å²) in [6.45, 7) is 5.79. The number of benzene rings is 1. The number of hydrogen-bond acceptors (Lipinski definition) is 2. The minimum atomic E-state index is 0.820. The molecule has 1 aromatic carbocycles. The van der Waals surface area contributed by atoms with E-state index < -0.39 is 0 Å². The largest absolute Gasteiger partial charge is 0.399 e. The fraction of sp³-hybridized carbons (Fsp3) is 0.500. The molecule has 0 aliphatic carbocycles. The van der Waals surface area contributed by atoms with Gasteiger partial charge >= 0.3 is 0 Å². The first kappa shape index (κ1) is 11.0. The number of nitrogen functional groups attached to an aromatic ring is 1. The molecule has 0 spiro atoms. The SMILES string of the molecule is CC1CCN(Cc2ccc(N)cc2Br)C1. The molecule has 0 amide bonds. The highest BCUT2D eigenvalue weighted by atomic mass is 79.9. The first-order valence-electron chi connectivity index (χ1n) is 5.41. The molecule has 0 bridgehead atoms. The van der Waals surface area contributed by atoms with Gasteiger partial charge in [-0.1, -0.05) is 28.9 Å². The molecule has 2 rings (SSSR count). The van der Waals surface area contributed by atoms with Gasteiger partial charge in [0.2, 0.25) is 0 Å². The molecular weight excluding hydrogens is 252 g/mol. The predicted octanol–water partition coefficient (Wildman–Crippen LogP) is 2.87. The Bertz CT molecular complexity index is 351. The number of anilines is 1. The predicted molar refractivity (Wildman–Crippen MR) is 67.6 cm³/mol. The molecule has 1 fully saturated rings. The normalized spacial score (nSPS) is 22.1. The molecule has 1 atom stereocenters. The average molecular weight is 269 g/mol. The second kappa shape index (κ2) is 4.54. The van der Waals surface area contributed by atoms with Crippen LogP contribution in [0.5, 0.6) is 0 Å². The van der Waals surface area contributed by atoms with Crippen LogP contribution < -0.4 is 5.73 Å². The molecule has 3 heteroatoms. The maximum absolute atomic E-state index is 5.71. The Hall–Kier alpha value is -0.540. The van der Waals surface area contributed by atoms with Gasteiger partial charge < -0.3 is 5.73 Å². The zero-order chi connectivity index (χ0) is 10.8. The molecule has 1 heterocycles. The van der Waals surface area contributed by atoms with E-state index in [1.165, 1.54) is 25.1 Å². The van der Waals surface area contributed by atoms with Crippen LogP contribution in [0.25, 0.3) is 0 Å². The molecular formula is C12H17BrN2. The molecule has 1 unspecified atom stereocenters. The van der Waals surface area contributed by atoms with E-state index in [0.29, 0.717) is 0 Å². The summed E-state index contributed by atoms with van der Waals surface area (Å²) in [5.41, 5.74) is 7.87. The quantitative estimate of drug-likeness (QED) is 0.836. The lowest BCUT2D eigenvalue weighted by Gasteiger charge is -2.16. The zero-order valence-corrected chi connectivity index (χ0v) is 10.6. The molecule has 1 saturated heterocycles. The highest BCUT2D eigenvalue weighted by molar-refractivity contribution is 9.10. The molecule has 0 saturated carbocycles. The van der Waals surface area contributed by atoms with Crippen molar-refractivity contribution >= 4 is 21.6 Å². The highest BCUT2D eigenvalue weighted by Gasteiger charge is 2.18. The number of likely N-dealkylation sites (tertiary alicyclic amines) is 1. The Balaban J connectivity index is 2.04. The second-order valence-electron chi connectivity index (χ2n) is 4.48. The van der Waals surface area contributed by atoms with Crippen molar-refractivity contribution in [1.29, 1.82) is 0 Å². The van der Waals surface area contributed by atoms with E-state index in [1.54, 1.807) is 0 Å². The van der Waals surface area contributed by atoms with E-state index in [4.69, 9.17) is 5.73 Å². The highest BCUT2D eigenvalue weighted by Crippen LogP contribution is 2.24. The summed E-state index contributed by atoms with van der Waals surface area (Å²) in [6.07, 6.45) is 1.33. The summed E-state index contributed by atoms with van der Waals surface area (Å²) in [5, 5.41) is 0. The van der Waals surface area contributed by atoms with Gasteiger partial charge in [-0.15, -0.1) is 0 Å². The summed E-state index contributed by atoms with van der Waals surface area (Å²) in [4.78, 5) is 2.50. The van der Waals surface area contributed by atoms with Gasteiger partial charge in [-0.2, -0.15) is 0 Å². The van der Waals surface area contributed by atoms with Crippen molar-refractivity contribution in [2.75, 3.05) is 18.8 Å². The van der Waals surface area contributed by atoms with Crippen LogP contribution in [0.1, 0.15) is 18.9 Å². The standard InChI is InChI=1S/C12H17BrN2/c1-9-4-5-15(7-9)8-10-2-3-11(14)6-12(10)13/h2-3,6,9H,4-5,7-8,14H2,1H3. The van der Waals surface area contributed by atoms with Gasteiger partial charge in [0.05, 0.1) is 0 Å². The summed E-state index contributed by atoms with van der Waals surface area (Å²) in [6, 6.07) is 6.07. The lowest BCUT2D eigenvalue weighted by molar-refractivity contribution is 0.320. The lowest BCUT2D eigenvalue weighted by atomic mass is 10.2. The van der Waals surface area contributed by atoms with E-state index in [9.17, 15) is 0 Å². The van der Waals surface area contributed by atoms with E-state index in [-0.39, 0.29) is 0 Å². The van der Waals surface area contributed by atoms with Crippen LogP contribution in [0.3, 0.4) is 0 Å². The third kappa shape index (κ3) is 2.73. The van der Waals surface area contributed by atoms with Crippen LogP contribution in [0, 0.1) is 5.92 Å². The van der Waals surface area contributed by atoms with E-state index >= 15 is 0 Å². The first-order valence-corrected chi connectivity index (χ1v) is 6.20. The van der Waals surface area contributed by atoms with Gasteiger partial charge in [-0.05, 0) is 36.6 Å². The maximum Gasteiger partial charge on any atom is 0.0325 e. The number of rotatable bonds is 2. The molecule has 1 aromatic rings. The summed E-state index contributed by atoms with van der Waals surface area (Å²) in [5.74, 6) is 0.845. The fourth-order valence-corrected chi connectivity index (χ4v) is 2.62. The molecule has 1 aliphatic rings. The monoisotopic (exact) mass is 268 g/mol. The smallest absolute Gasteiger partial charge is 0.0325 e. The summed E-state index contributed by atoms with van der Waals surface area (Å²) < 4.78 is 1.13. The first-order chi connectivity index (χ1) is 7.15. The summed E-state index contributed by atoms with van der Waals surface area (Å²) >= 11 is 3.56. The number of nitrogens with zero attached hydrogens (tertiary/aromatic N) is 1. The van der Waals surface area contributed by atoms with Gasteiger partial charge in [-0.25, -0.2) is 0 Å². The van der Waals surface area contributed by atoms with Crippen LogP contribution in [-0.2, 0) is 6.54 Å². The molecule has 2 N–H and O–H groups in total. The van der Waals surface area contributed by atoms with Gasteiger partial charge in [0.1, 0.15) is 0 Å². The Labute approximate surface area is 99.6 Å².